The van der Waals surface area contributed by atoms with E-state index in [0.29, 0.717) is 12.5 Å². The van der Waals surface area contributed by atoms with Gasteiger partial charge in [0.15, 0.2) is 0 Å². The maximum atomic E-state index is 12.3. The van der Waals surface area contributed by atoms with E-state index in [1.165, 1.54) is 17.8 Å². The molecule has 0 aliphatic rings. The number of hydrogen-bond donors (Lipinski definition) is 1. The highest BCUT2D eigenvalue weighted by atomic mass is 32.2. The highest BCUT2D eigenvalue weighted by molar-refractivity contribution is 7.98. The van der Waals surface area contributed by atoms with Gasteiger partial charge in [-0.1, -0.05) is 33.1 Å². The number of carbonyl (C=O) groups excluding carboxylic acids is 1. The molecule has 0 spiro atoms. The summed E-state index contributed by atoms with van der Waals surface area (Å²) in [5.41, 5.74) is -0.000832. The van der Waals surface area contributed by atoms with Crippen molar-refractivity contribution < 1.29 is 9.72 Å². The van der Waals surface area contributed by atoms with Crippen LogP contribution in [-0.2, 0) is 0 Å². The molecule has 0 aliphatic carbocycles. The van der Waals surface area contributed by atoms with E-state index in [1.807, 2.05) is 6.26 Å². The highest BCUT2D eigenvalue weighted by Gasteiger charge is 2.21. The van der Waals surface area contributed by atoms with E-state index >= 15 is 0 Å². The molecule has 1 atom stereocenters. The van der Waals surface area contributed by atoms with Crippen molar-refractivity contribution in [3.05, 3.63) is 33.9 Å². The zero-order valence-corrected chi connectivity index (χ0v) is 14.2. The SMILES string of the molecule is CCCCC(CC)CNC(=O)c1cc(SC)ccc1[N+](=O)[O-]. The van der Waals surface area contributed by atoms with Gasteiger partial charge in [0.05, 0.1) is 4.92 Å². The number of nitrogens with one attached hydrogen (secondary N) is 1. The van der Waals surface area contributed by atoms with Crippen molar-refractivity contribution in [1.82, 2.24) is 5.32 Å². The van der Waals surface area contributed by atoms with E-state index in [-0.39, 0.29) is 17.2 Å². The minimum absolute atomic E-state index is 0.141. The monoisotopic (exact) mass is 324 g/mol. The Kier molecular flexibility index (Phi) is 7.95. The molecule has 0 bridgehead atoms. The van der Waals surface area contributed by atoms with Crippen molar-refractivity contribution in [1.29, 1.82) is 0 Å². The number of rotatable bonds is 9. The summed E-state index contributed by atoms with van der Waals surface area (Å²) in [6.45, 7) is 4.81. The first kappa shape index (κ1) is 18.5. The molecule has 22 heavy (non-hydrogen) atoms. The lowest BCUT2D eigenvalue weighted by Gasteiger charge is -2.15. The van der Waals surface area contributed by atoms with Gasteiger partial charge in [0.25, 0.3) is 11.6 Å². The van der Waals surface area contributed by atoms with E-state index in [1.54, 1.807) is 12.1 Å². The molecule has 0 radical (unpaired) electrons. The molecule has 0 aliphatic heterocycles. The van der Waals surface area contributed by atoms with E-state index < -0.39 is 4.92 Å². The Morgan fingerprint density at radius 1 is 1.41 bits per heavy atom. The Balaban J connectivity index is 2.81. The van der Waals surface area contributed by atoms with Crippen molar-refractivity contribution >= 4 is 23.4 Å². The number of nitro benzene ring substituents is 1. The second-order valence-electron chi connectivity index (χ2n) is 5.27. The number of benzene rings is 1. The van der Waals surface area contributed by atoms with E-state index in [4.69, 9.17) is 0 Å². The predicted molar refractivity (Wildman–Crippen MR) is 90.5 cm³/mol. The lowest BCUT2D eigenvalue weighted by Crippen LogP contribution is -2.29. The molecular weight excluding hydrogens is 300 g/mol. The van der Waals surface area contributed by atoms with Crippen LogP contribution in [0.25, 0.3) is 0 Å². The Hall–Kier alpha value is -1.56. The van der Waals surface area contributed by atoms with Crippen LogP contribution in [0, 0.1) is 16.0 Å². The molecule has 0 heterocycles. The van der Waals surface area contributed by atoms with Crippen LogP contribution >= 0.6 is 11.8 Å². The molecule has 1 N–H and O–H groups in total. The number of nitro groups is 1. The van der Waals surface area contributed by atoms with Crippen LogP contribution in [0.15, 0.2) is 23.1 Å². The predicted octanol–water partition coefficient (Wildman–Crippen LogP) is 4.26. The number of amides is 1. The number of thioether (sulfide) groups is 1. The summed E-state index contributed by atoms with van der Waals surface area (Å²) in [5.74, 6) is 0.0595. The number of unbranched alkanes of at least 4 members (excludes halogenated alkanes) is 1. The van der Waals surface area contributed by atoms with Crippen LogP contribution in [0.2, 0.25) is 0 Å². The van der Waals surface area contributed by atoms with Crippen LogP contribution in [0.5, 0.6) is 0 Å². The van der Waals surface area contributed by atoms with Gasteiger partial charge in [0.1, 0.15) is 5.56 Å². The van der Waals surface area contributed by atoms with Crippen molar-refractivity contribution in [2.45, 2.75) is 44.4 Å². The van der Waals surface area contributed by atoms with E-state index in [0.717, 1.165) is 30.6 Å². The summed E-state index contributed by atoms with van der Waals surface area (Å²) in [5, 5.41) is 13.9. The van der Waals surface area contributed by atoms with Gasteiger partial charge in [0.2, 0.25) is 0 Å². The highest BCUT2D eigenvalue weighted by Crippen LogP contribution is 2.24. The first-order chi connectivity index (χ1) is 10.5. The maximum absolute atomic E-state index is 12.3. The summed E-state index contributed by atoms with van der Waals surface area (Å²) >= 11 is 1.46. The molecule has 0 aromatic heterocycles. The molecule has 5 nitrogen and oxygen atoms in total. The fraction of sp³-hybridized carbons (Fsp3) is 0.562. The smallest absolute Gasteiger partial charge is 0.282 e. The molecule has 1 rings (SSSR count). The van der Waals surface area contributed by atoms with Crippen LogP contribution in [-0.4, -0.2) is 23.6 Å². The third-order valence-corrected chi connectivity index (χ3v) is 4.46. The zero-order valence-electron chi connectivity index (χ0n) is 13.4. The van der Waals surface area contributed by atoms with Crippen molar-refractivity contribution in [2.24, 2.45) is 5.92 Å². The minimum atomic E-state index is -0.507. The summed E-state index contributed by atoms with van der Waals surface area (Å²) in [4.78, 5) is 23.7. The second-order valence-corrected chi connectivity index (χ2v) is 6.15. The topological polar surface area (TPSA) is 72.2 Å². The normalized spacial score (nSPS) is 12.0. The molecule has 1 aromatic rings. The van der Waals surface area contributed by atoms with Gasteiger partial charge >= 0.3 is 0 Å². The lowest BCUT2D eigenvalue weighted by atomic mass is 9.99. The molecule has 0 saturated heterocycles. The maximum Gasteiger partial charge on any atom is 0.282 e. The molecule has 1 amide bonds. The second kappa shape index (κ2) is 9.46. The Bertz CT molecular complexity index is 520. The molecule has 1 unspecified atom stereocenters. The summed E-state index contributed by atoms with van der Waals surface area (Å²) in [7, 11) is 0. The van der Waals surface area contributed by atoms with E-state index in [9.17, 15) is 14.9 Å². The van der Waals surface area contributed by atoms with Gasteiger partial charge in [0, 0.05) is 17.5 Å². The van der Waals surface area contributed by atoms with Gasteiger partial charge in [-0.05, 0) is 30.7 Å². The fourth-order valence-electron chi connectivity index (χ4n) is 2.26. The number of carbonyl (C=O) groups is 1. The Labute approximate surface area is 136 Å². The van der Waals surface area contributed by atoms with E-state index in [2.05, 4.69) is 19.2 Å². The number of hydrogen-bond acceptors (Lipinski definition) is 4. The Morgan fingerprint density at radius 2 is 2.14 bits per heavy atom. The summed E-state index contributed by atoms with van der Waals surface area (Å²) in [6, 6.07) is 4.65. The molecule has 0 fully saturated rings. The quantitative estimate of drug-likeness (QED) is 0.418. The van der Waals surface area contributed by atoms with Gasteiger partial charge in [-0.15, -0.1) is 11.8 Å². The van der Waals surface area contributed by atoms with Gasteiger partial charge < -0.3 is 5.32 Å². The molecule has 1 aromatic carbocycles. The minimum Gasteiger partial charge on any atom is -0.352 e. The molecule has 0 saturated carbocycles. The zero-order chi connectivity index (χ0) is 16.5. The average Bonchev–Trinajstić information content (AvgIpc) is 2.54. The lowest BCUT2D eigenvalue weighted by molar-refractivity contribution is -0.385. The third-order valence-electron chi connectivity index (χ3n) is 3.74. The largest absolute Gasteiger partial charge is 0.352 e. The van der Waals surface area contributed by atoms with Crippen molar-refractivity contribution in [3.8, 4) is 0 Å². The molecular formula is C16H24N2O3S. The summed E-state index contributed by atoms with van der Waals surface area (Å²) in [6.07, 6.45) is 6.20. The van der Waals surface area contributed by atoms with Gasteiger partial charge in [-0.2, -0.15) is 0 Å². The fourth-order valence-corrected chi connectivity index (χ4v) is 2.70. The van der Waals surface area contributed by atoms with Gasteiger partial charge in [-0.25, -0.2) is 0 Å². The first-order valence-electron chi connectivity index (χ1n) is 7.64. The standard InChI is InChI=1S/C16H24N2O3S/c1-4-6-7-12(5-2)11-17-16(19)14-10-13(22-3)8-9-15(14)18(20)21/h8-10,12H,4-7,11H2,1-3H3,(H,17,19). The van der Waals surface area contributed by atoms with Crippen LogP contribution < -0.4 is 5.32 Å². The van der Waals surface area contributed by atoms with Crippen molar-refractivity contribution in [2.75, 3.05) is 12.8 Å². The van der Waals surface area contributed by atoms with Crippen LogP contribution in [0.4, 0.5) is 5.69 Å². The summed E-state index contributed by atoms with van der Waals surface area (Å²) < 4.78 is 0. The van der Waals surface area contributed by atoms with Crippen LogP contribution in [0.1, 0.15) is 49.9 Å². The first-order valence-corrected chi connectivity index (χ1v) is 8.86. The average molecular weight is 324 g/mol. The Morgan fingerprint density at radius 3 is 2.68 bits per heavy atom. The van der Waals surface area contributed by atoms with Crippen molar-refractivity contribution in [3.63, 3.8) is 0 Å². The number of nitrogens with zero attached hydrogens (tertiary/aromatic N) is 1. The van der Waals surface area contributed by atoms with Gasteiger partial charge in [-0.3, -0.25) is 14.9 Å². The molecule has 6 heteroatoms. The van der Waals surface area contributed by atoms with Crippen LogP contribution in [0.3, 0.4) is 0 Å². The molecule has 122 valence electrons. The third kappa shape index (κ3) is 5.33.